The number of nitrogens with zero attached hydrogens (tertiary/aromatic N) is 2. The number of nitro groups is 1. The number of guanidine groups is 1. The maximum absolute atomic E-state index is 10.8. The van der Waals surface area contributed by atoms with Gasteiger partial charge in [-0.05, 0) is 29.7 Å². The Labute approximate surface area is 168 Å². The fraction of sp³-hybridized carbons (Fsp3) is 0.235. The van der Waals surface area contributed by atoms with Gasteiger partial charge in [0.05, 0.1) is 4.92 Å². The van der Waals surface area contributed by atoms with Gasteiger partial charge in [0, 0.05) is 37.3 Å². The first-order valence-electron chi connectivity index (χ1n) is 7.51. The van der Waals surface area contributed by atoms with Crippen LogP contribution in [0.2, 0.25) is 5.02 Å². The molecule has 2 aromatic carbocycles. The number of hydrogen-bond acceptors (Lipinski definition) is 3. The molecule has 0 aliphatic rings. The van der Waals surface area contributed by atoms with Gasteiger partial charge in [-0.3, -0.25) is 15.1 Å². The molecular formula is C17H20ClIN4O2. The molecule has 0 unspecified atom stereocenters. The first kappa shape index (κ1) is 21.2. The number of aliphatic imine (C=N–C) groups is 1. The average Bonchev–Trinajstić information content (AvgIpc) is 2.59. The van der Waals surface area contributed by atoms with E-state index in [-0.39, 0.29) is 29.7 Å². The zero-order valence-electron chi connectivity index (χ0n) is 13.7. The maximum atomic E-state index is 10.8. The highest BCUT2D eigenvalue weighted by atomic mass is 127. The summed E-state index contributed by atoms with van der Waals surface area (Å²) in [5.41, 5.74) is 2.09. The Morgan fingerprint density at radius 1 is 1.16 bits per heavy atom. The summed E-state index contributed by atoms with van der Waals surface area (Å²) < 4.78 is 0. The molecule has 0 aliphatic carbocycles. The van der Waals surface area contributed by atoms with Crippen molar-refractivity contribution in [2.45, 2.75) is 13.0 Å². The number of hydrogen-bond donors (Lipinski definition) is 2. The van der Waals surface area contributed by atoms with Gasteiger partial charge in [0.15, 0.2) is 5.96 Å². The quantitative estimate of drug-likeness (QED) is 0.220. The van der Waals surface area contributed by atoms with Crippen molar-refractivity contribution in [2.24, 2.45) is 4.99 Å². The lowest BCUT2D eigenvalue weighted by Gasteiger charge is -2.12. The molecule has 0 saturated heterocycles. The highest BCUT2D eigenvalue weighted by molar-refractivity contribution is 14.0. The number of nitro benzene ring substituents is 1. The van der Waals surface area contributed by atoms with Crippen LogP contribution in [0, 0.1) is 10.1 Å². The van der Waals surface area contributed by atoms with Crippen molar-refractivity contribution in [1.82, 2.24) is 10.6 Å². The Kier molecular flexibility index (Phi) is 9.22. The normalized spacial score (nSPS) is 10.7. The lowest BCUT2D eigenvalue weighted by Crippen LogP contribution is -2.37. The van der Waals surface area contributed by atoms with Gasteiger partial charge in [-0.2, -0.15) is 0 Å². The van der Waals surface area contributed by atoms with Crippen LogP contribution in [-0.2, 0) is 13.0 Å². The minimum absolute atomic E-state index is 0. The van der Waals surface area contributed by atoms with Crippen LogP contribution in [0.3, 0.4) is 0 Å². The average molecular weight is 475 g/mol. The van der Waals surface area contributed by atoms with E-state index in [2.05, 4.69) is 15.6 Å². The van der Waals surface area contributed by atoms with Gasteiger partial charge >= 0.3 is 0 Å². The minimum atomic E-state index is -0.400. The van der Waals surface area contributed by atoms with Crippen molar-refractivity contribution < 1.29 is 4.92 Å². The van der Waals surface area contributed by atoms with E-state index < -0.39 is 4.92 Å². The van der Waals surface area contributed by atoms with E-state index in [0.717, 1.165) is 23.6 Å². The Morgan fingerprint density at radius 3 is 2.52 bits per heavy atom. The summed E-state index contributed by atoms with van der Waals surface area (Å²) in [5, 5.41) is 17.9. The molecule has 0 aromatic heterocycles. The molecule has 0 radical (unpaired) electrons. The monoisotopic (exact) mass is 474 g/mol. The summed E-state index contributed by atoms with van der Waals surface area (Å²) in [7, 11) is 1.69. The SMILES string of the molecule is CN=C(NCCc1ccc(Cl)cc1)NCc1cccc([N+](=O)[O-])c1.I. The van der Waals surface area contributed by atoms with Crippen LogP contribution >= 0.6 is 35.6 Å². The van der Waals surface area contributed by atoms with Crippen LogP contribution in [0.5, 0.6) is 0 Å². The highest BCUT2D eigenvalue weighted by Gasteiger charge is 2.06. The summed E-state index contributed by atoms with van der Waals surface area (Å²) in [6.07, 6.45) is 0.842. The molecule has 2 N–H and O–H groups in total. The van der Waals surface area contributed by atoms with E-state index in [1.807, 2.05) is 30.3 Å². The molecule has 0 atom stereocenters. The first-order valence-corrected chi connectivity index (χ1v) is 7.88. The number of halogens is 2. The third-order valence-electron chi connectivity index (χ3n) is 3.42. The fourth-order valence-corrected chi connectivity index (χ4v) is 2.29. The molecule has 6 nitrogen and oxygen atoms in total. The molecule has 2 aromatic rings. The van der Waals surface area contributed by atoms with E-state index in [4.69, 9.17) is 11.6 Å². The van der Waals surface area contributed by atoms with Crippen molar-refractivity contribution >= 4 is 47.2 Å². The van der Waals surface area contributed by atoms with Gasteiger partial charge in [0.25, 0.3) is 5.69 Å². The van der Waals surface area contributed by atoms with Crippen LogP contribution in [0.4, 0.5) is 5.69 Å². The molecule has 134 valence electrons. The third-order valence-corrected chi connectivity index (χ3v) is 3.68. The Morgan fingerprint density at radius 2 is 1.88 bits per heavy atom. The molecule has 0 heterocycles. The summed E-state index contributed by atoms with van der Waals surface area (Å²) in [5.74, 6) is 0.649. The van der Waals surface area contributed by atoms with E-state index in [9.17, 15) is 10.1 Å². The third kappa shape index (κ3) is 7.27. The van der Waals surface area contributed by atoms with Crippen LogP contribution in [0.1, 0.15) is 11.1 Å². The smallest absolute Gasteiger partial charge is 0.269 e. The summed E-state index contributed by atoms with van der Waals surface area (Å²) in [6.45, 7) is 1.18. The van der Waals surface area contributed by atoms with Gasteiger partial charge in [0.2, 0.25) is 0 Å². The predicted molar refractivity (Wildman–Crippen MR) is 112 cm³/mol. The zero-order valence-corrected chi connectivity index (χ0v) is 16.8. The summed E-state index contributed by atoms with van der Waals surface area (Å²) in [6, 6.07) is 14.2. The van der Waals surface area contributed by atoms with E-state index >= 15 is 0 Å². The summed E-state index contributed by atoms with van der Waals surface area (Å²) >= 11 is 5.86. The van der Waals surface area contributed by atoms with Gasteiger partial charge < -0.3 is 10.6 Å². The molecule has 0 spiro atoms. The number of nitrogens with one attached hydrogen (secondary N) is 2. The largest absolute Gasteiger partial charge is 0.356 e. The predicted octanol–water partition coefficient (Wildman–Crippen LogP) is 3.77. The van der Waals surface area contributed by atoms with E-state index in [1.54, 1.807) is 19.2 Å². The van der Waals surface area contributed by atoms with Gasteiger partial charge in [-0.25, -0.2) is 0 Å². The molecule has 0 saturated carbocycles. The van der Waals surface area contributed by atoms with Crippen molar-refractivity contribution in [3.05, 3.63) is 74.8 Å². The topological polar surface area (TPSA) is 79.6 Å². The van der Waals surface area contributed by atoms with Crippen LogP contribution < -0.4 is 10.6 Å². The standard InChI is InChI=1S/C17H19ClN4O2.HI/c1-19-17(20-10-9-13-5-7-15(18)8-6-13)21-12-14-3-2-4-16(11-14)22(23)24;/h2-8,11H,9-10,12H2,1H3,(H2,19,20,21);1H. The summed E-state index contributed by atoms with van der Waals surface area (Å²) in [4.78, 5) is 14.5. The lowest BCUT2D eigenvalue weighted by molar-refractivity contribution is -0.384. The molecule has 0 amide bonds. The first-order chi connectivity index (χ1) is 11.6. The second-order valence-electron chi connectivity index (χ2n) is 5.16. The number of rotatable bonds is 6. The second-order valence-corrected chi connectivity index (χ2v) is 5.59. The number of benzene rings is 2. The highest BCUT2D eigenvalue weighted by Crippen LogP contribution is 2.12. The van der Waals surface area contributed by atoms with Crippen LogP contribution in [0.25, 0.3) is 0 Å². The van der Waals surface area contributed by atoms with Crippen molar-refractivity contribution in [1.29, 1.82) is 0 Å². The molecule has 8 heteroatoms. The second kappa shape index (κ2) is 10.9. The maximum Gasteiger partial charge on any atom is 0.269 e. The zero-order chi connectivity index (χ0) is 17.4. The fourth-order valence-electron chi connectivity index (χ4n) is 2.16. The minimum Gasteiger partial charge on any atom is -0.356 e. The molecule has 25 heavy (non-hydrogen) atoms. The molecule has 2 rings (SSSR count). The van der Waals surface area contributed by atoms with Gasteiger partial charge in [-0.1, -0.05) is 35.9 Å². The van der Waals surface area contributed by atoms with Gasteiger partial charge in [0.1, 0.15) is 0 Å². The lowest BCUT2D eigenvalue weighted by atomic mass is 10.1. The molecule has 0 fully saturated rings. The number of non-ortho nitro benzene ring substituents is 1. The van der Waals surface area contributed by atoms with Crippen LogP contribution in [-0.4, -0.2) is 24.5 Å². The van der Waals surface area contributed by atoms with Crippen molar-refractivity contribution in [3.8, 4) is 0 Å². The molecule has 0 bridgehead atoms. The van der Waals surface area contributed by atoms with E-state index in [1.165, 1.54) is 11.6 Å². The Balaban J connectivity index is 0.00000312. The van der Waals surface area contributed by atoms with E-state index in [0.29, 0.717) is 12.5 Å². The Bertz CT molecular complexity index is 723. The van der Waals surface area contributed by atoms with Crippen molar-refractivity contribution in [2.75, 3.05) is 13.6 Å². The van der Waals surface area contributed by atoms with Crippen LogP contribution in [0.15, 0.2) is 53.5 Å². The van der Waals surface area contributed by atoms with Gasteiger partial charge in [-0.15, -0.1) is 24.0 Å². The molecular weight excluding hydrogens is 455 g/mol. The molecule has 0 aliphatic heterocycles. The Hall–Kier alpha value is -1.87. The van der Waals surface area contributed by atoms with Crippen molar-refractivity contribution in [3.63, 3.8) is 0 Å².